The zero-order chi connectivity index (χ0) is 15.7. The van der Waals surface area contributed by atoms with Crippen molar-refractivity contribution in [2.75, 3.05) is 20.1 Å². The number of rotatable bonds is 9. The van der Waals surface area contributed by atoms with Crippen molar-refractivity contribution in [3.63, 3.8) is 0 Å². The van der Waals surface area contributed by atoms with Gasteiger partial charge in [0.05, 0.1) is 6.54 Å². The van der Waals surface area contributed by atoms with Crippen LogP contribution in [0.3, 0.4) is 0 Å². The number of hydrogen-bond donors (Lipinski definition) is 2. The molecule has 0 aliphatic carbocycles. The zero-order valence-corrected chi connectivity index (χ0v) is 14.6. The van der Waals surface area contributed by atoms with Crippen molar-refractivity contribution < 1.29 is 4.79 Å². The number of hydrogen-bond acceptors (Lipinski definition) is 3. The SMILES string of the molecule is CCc1ccc(CNC(=O)NCCCCN(C)C(C)C)s1. The molecular formula is C16H29N3OS. The summed E-state index contributed by atoms with van der Waals surface area (Å²) in [5.41, 5.74) is 0. The van der Waals surface area contributed by atoms with Gasteiger partial charge in [-0.2, -0.15) is 0 Å². The molecule has 0 atom stereocenters. The molecule has 1 aromatic heterocycles. The number of unbranched alkanes of at least 4 members (excludes halogenated alkanes) is 1. The van der Waals surface area contributed by atoms with Crippen LogP contribution in [0.25, 0.3) is 0 Å². The molecule has 2 N–H and O–H groups in total. The van der Waals surface area contributed by atoms with Crippen LogP contribution in [0.5, 0.6) is 0 Å². The van der Waals surface area contributed by atoms with Crippen LogP contribution in [0.4, 0.5) is 4.79 Å². The number of amides is 2. The van der Waals surface area contributed by atoms with E-state index in [9.17, 15) is 4.79 Å². The van der Waals surface area contributed by atoms with Crippen molar-refractivity contribution in [3.8, 4) is 0 Å². The quantitative estimate of drug-likeness (QED) is 0.688. The van der Waals surface area contributed by atoms with Crippen molar-refractivity contribution in [2.24, 2.45) is 0 Å². The fraction of sp³-hybridized carbons (Fsp3) is 0.688. The van der Waals surface area contributed by atoms with Crippen molar-refractivity contribution in [3.05, 3.63) is 21.9 Å². The van der Waals surface area contributed by atoms with E-state index < -0.39 is 0 Å². The van der Waals surface area contributed by atoms with E-state index in [1.54, 1.807) is 11.3 Å². The summed E-state index contributed by atoms with van der Waals surface area (Å²) in [6.45, 7) is 8.97. The predicted octanol–water partition coefficient (Wildman–Crippen LogP) is 3.23. The molecule has 1 rings (SSSR count). The summed E-state index contributed by atoms with van der Waals surface area (Å²) in [5.74, 6) is 0. The summed E-state index contributed by atoms with van der Waals surface area (Å²) in [4.78, 5) is 16.6. The average molecular weight is 311 g/mol. The number of carbonyl (C=O) groups is 1. The molecule has 120 valence electrons. The molecule has 1 aromatic rings. The van der Waals surface area contributed by atoms with Gasteiger partial charge in [-0.1, -0.05) is 6.92 Å². The van der Waals surface area contributed by atoms with E-state index in [4.69, 9.17) is 0 Å². The second-order valence-corrected chi connectivity index (χ2v) is 6.87. The van der Waals surface area contributed by atoms with Crippen molar-refractivity contribution in [2.45, 2.75) is 52.6 Å². The van der Waals surface area contributed by atoms with E-state index in [1.165, 1.54) is 9.75 Å². The second-order valence-electron chi connectivity index (χ2n) is 5.61. The number of thiophene rings is 1. The highest BCUT2D eigenvalue weighted by atomic mass is 32.1. The first-order chi connectivity index (χ1) is 10.0. The number of nitrogens with one attached hydrogen (secondary N) is 2. The third-order valence-corrected chi connectivity index (χ3v) is 4.82. The third-order valence-electron chi connectivity index (χ3n) is 3.59. The Morgan fingerprint density at radius 1 is 1.24 bits per heavy atom. The van der Waals surface area contributed by atoms with E-state index in [1.807, 2.05) is 0 Å². The molecule has 21 heavy (non-hydrogen) atoms. The lowest BCUT2D eigenvalue weighted by Gasteiger charge is -2.20. The number of carbonyl (C=O) groups excluding carboxylic acids is 1. The molecule has 0 spiro atoms. The molecule has 0 fully saturated rings. The summed E-state index contributed by atoms with van der Waals surface area (Å²) >= 11 is 1.76. The molecular weight excluding hydrogens is 282 g/mol. The highest BCUT2D eigenvalue weighted by Crippen LogP contribution is 2.16. The van der Waals surface area contributed by atoms with Gasteiger partial charge in [0.2, 0.25) is 0 Å². The lowest BCUT2D eigenvalue weighted by molar-refractivity contribution is 0.239. The van der Waals surface area contributed by atoms with Gasteiger partial charge in [-0.25, -0.2) is 4.79 Å². The Kier molecular flexibility index (Phi) is 8.38. The maximum Gasteiger partial charge on any atom is 0.315 e. The molecule has 0 aliphatic heterocycles. The Labute approximate surface area is 132 Å². The zero-order valence-electron chi connectivity index (χ0n) is 13.7. The predicted molar refractivity (Wildman–Crippen MR) is 90.9 cm³/mol. The largest absolute Gasteiger partial charge is 0.338 e. The Morgan fingerprint density at radius 3 is 2.57 bits per heavy atom. The van der Waals surface area contributed by atoms with Crippen LogP contribution >= 0.6 is 11.3 Å². The Balaban J connectivity index is 2.06. The second kappa shape index (κ2) is 9.79. The fourth-order valence-corrected chi connectivity index (χ4v) is 2.78. The summed E-state index contributed by atoms with van der Waals surface area (Å²) < 4.78 is 0. The lowest BCUT2D eigenvalue weighted by Crippen LogP contribution is -2.35. The highest BCUT2D eigenvalue weighted by Gasteiger charge is 2.04. The fourth-order valence-electron chi connectivity index (χ4n) is 1.88. The molecule has 1 heterocycles. The highest BCUT2D eigenvalue weighted by molar-refractivity contribution is 7.11. The van der Waals surface area contributed by atoms with Crippen LogP contribution in [-0.2, 0) is 13.0 Å². The summed E-state index contributed by atoms with van der Waals surface area (Å²) in [6, 6.07) is 4.73. The minimum Gasteiger partial charge on any atom is -0.338 e. The van der Waals surface area contributed by atoms with Gasteiger partial charge in [-0.05, 0) is 58.8 Å². The normalized spacial score (nSPS) is 11.1. The Hall–Kier alpha value is -1.07. The van der Waals surface area contributed by atoms with E-state index in [0.717, 1.165) is 32.4 Å². The van der Waals surface area contributed by atoms with Crippen LogP contribution < -0.4 is 10.6 Å². The van der Waals surface area contributed by atoms with Gasteiger partial charge in [-0.15, -0.1) is 11.3 Å². The minimum absolute atomic E-state index is 0.0707. The Morgan fingerprint density at radius 2 is 1.95 bits per heavy atom. The molecule has 0 saturated carbocycles. The molecule has 0 unspecified atom stereocenters. The van der Waals surface area contributed by atoms with E-state index in [2.05, 4.69) is 55.5 Å². The minimum atomic E-state index is -0.0707. The molecule has 0 aliphatic rings. The smallest absolute Gasteiger partial charge is 0.315 e. The molecule has 0 bridgehead atoms. The molecule has 0 aromatic carbocycles. The monoisotopic (exact) mass is 311 g/mol. The van der Waals surface area contributed by atoms with Crippen LogP contribution in [0.15, 0.2) is 12.1 Å². The third kappa shape index (κ3) is 7.48. The van der Waals surface area contributed by atoms with Gasteiger partial charge in [0.15, 0.2) is 0 Å². The maximum atomic E-state index is 11.7. The van der Waals surface area contributed by atoms with Crippen molar-refractivity contribution >= 4 is 17.4 Å². The molecule has 4 nitrogen and oxygen atoms in total. The van der Waals surface area contributed by atoms with Crippen LogP contribution in [0.1, 0.15) is 43.4 Å². The number of aryl methyl sites for hydroxylation is 1. The molecule has 0 saturated heterocycles. The van der Waals surface area contributed by atoms with Gasteiger partial charge in [0.1, 0.15) is 0 Å². The van der Waals surface area contributed by atoms with Crippen LogP contribution in [-0.4, -0.2) is 37.1 Å². The van der Waals surface area contributed by atoms with Crippen molar-refractivity contribution in [1.29, 1.82) is 0 Å². The molecule has 0 radical (unpaired) electrons. The first-order valence-corrected chi connectivity index (χ1v) is 8.64. The Bertz CT molecular complexity index is 417. The average Bonchev–Trinajstić information content (AvgIpc) is 2.92. The lowest BCUT2D eigenvalue weighted by atomic mass is 10.2. The summed E-state index contributed by atoms with van der Waals surface area (Å²) in [7, 11) is 2.14. The van der Waals surface area contributed by atoms with Gasteiger partial charge >= 0.3 is 6.03 Å². The van der Waals surface area contributed by atoms with Crippen LogP contribution in [0.2, 0.25) is 0 Å². The van der Waals surface area contributed by atoms with Crippen LogP contribution in [0, 0.1) is 0 Å². The van der Waals surface area contributed by atoms with Crippen molar-refractivity contribution in [1.82, 2.24) is 15.5 Å². The molecule has 2 amide bonds. The first-order valence-electron chi connectivity index (χ1n) is 7.82. The van der Waals surface area contributed by atoms with Gasteiger partial charge in [0.25, 0.3) is 0 Å². The van der Waals surface area contributed by atoms with Gasteiger partial charge < -0.3 is 15.5 Å². The topological polar surface area (TPSA) is 44.4 Å². The maximum absolute atomic E-state index is 11.7. The number of nitrogens with zero attached hydrogens (tertiary/aromatic N) is 1. The molecule has 5 heteroatoms. The number of urea groups is 1. The van der Waals surface area contributed by atoms with E-state index in [0.29, 0.717) is 12.6 Å². The first kappa shape index (κ1) is 18.0. The van der Waals surface area contributed by atoms with Gasteiger partial charge in [-0.3, -0.25) is 0 Å². The standard InChI is InChI=1S/C16H29N3OS/c1-5-14-8-9-15(21-14)12-18-16(20)17-10-6-7-11-19(4)13(2)3/h8-9,13H,5-7,10-12H2,1-4H3,(H2,17,18,20). The van der Waals surface area contributed by atoms with E-state index in [-0.39, 0.29) is 6.03 Å². The summed E-state index contributed by atoms with van der Waals surface area (Å²) in [5, 5.41) is 5.82. The summed E-state index contributed by atoms with van der Waals surface area (Å²) in [6.07, 6.45) is 3.19. The van der Waals surface area contributed by atoms with Gasteiger partial charge in [0, 0.05) is 22.3 Å². The van der Waals surface area contributed by atoms with E-state index >= 15 is 0 Å².